The van der Waals surface area contributed by atoms with Gasteiger partial charge < -0.3 is 15.2 Å². The number of ether oxygens (including phenoxy) is 1. The molecule has 0 amide bonds. The minimum atomic E-state index is -0.608. The van der Waals surface area contributed by atoms with Gasteiger partial charge in [0.15, 0.2) is 0 Å². The highest BCUT2D eigenvalue weighted by atomic mass is 16.5. The van der Waals surface area contributed by atoms with Gasteiger partial charge >= 0.3 is 0 Å². The van der Waals surface area contributed by atoms with Crippen LogP contribution in [-0.2, 0) is 4.74 Å². The standard InChI is InChI=1S/C17H33NO2/c1-14(2)12-18-13-16(3,19)15-7-10-20-17(11-15)8-5-4-6-9-17/h14-15,18-19H,4-13H2,1-3H3. The van der Waals surface area contributed by atoms with Gasteiger partial charge in [-0.1, -0.05) is 33.1 Å². The van der Waals surface area contributed by atoms with E-state index in [9.17, 15) is 5.11 Å². The summed E-state index contributed by atoms with van der Waals surface area (Å²) in [6.45, 7) is 8.91. The van der Waals surface area contributed by atoms with Gasteiger partial charge in [0.05, 0.1) is 11.2 Å². The SMILES string of the molecule is CC(C)CNCC(C)(O)C1CCOC2(CCCCC2)C1. The molecule has 3 heteroatoms. The lowest BCUT2D eigenvalue weighted by Crippen LogP contribution is -2.52. The highest BCUT2D eigenvalue weighted by molar-refractivity contribution is 4.96. The fraction of sp³-hybridized carbons (Fsp3) is 1.00. The van der Waals surface area contributed by atoms with Crippen molar-refractivity contribution in [2.75, 3.05) is 19.7 Å². The summed E-state index contributed by atoms with van der Waals surface area (Å²) in [6.07, 6.45) is 8.36. The van der Waals surface area contributed by atoms with Crippen molar-refractivity contribution in [1.29, 1.82) is 0 Å². The van der Waals surface area contributed by atoms with E-state index in [0.717, 1.165) is 26.0 Å². The van der Waals surface area contributed by atoms with E-state index in [2.05, 4.69) is 19.2 Å². The average molecular weight is 283 g/mol. The lowest BCUT2D eigenvalue weighted by Gasteiger charge is -2.47. The lowest BCUT2D eigenvalue weighted by molar-refractivity contribution is -0.151. The molecule has 0 aromatic rings. The van der Waals surface area contributed by atoms with Gasteiger partial charge in [-0.05, 0) is 51.0 Å². The molecule has 2 unspecified atom stereocenters. The number of hydrogen-bond acceptors (Lipinski definition) is 3. The zero-order valence-corrected chi connectivity index (χ0v) is 13.6. The highest BCUT2D eigenvalue weighted by Crippen LogP contribution is 2.43. The quantitative estimate of drug-likeness (QED) is 0.814. The Hall–Kier alpha value is -0.120. The predicted molar refractivity (Wildman–Crippen MR) is 82.8 cm³/mol. The molecule has 2 fully saturated rings. The Morgan fingerprint density at radius 3 is 2.65 bits per heavy atom. The van der Waals surface area contributed by atoms with Crippen molar-refractivity contribution in [3.8, 4) is 0 Å². The molecular formula is C17H33NO2. The van der Waals surface area contributed by atoms with Gasteiger partial charge in [-0.25, -0.2) is 0 Å². The summed E-state index contributed by atoms with van der Waals surface area (Å²) in [4.78, 5) is 0. The van der Waals surface area contributed by atoms with Crippen molar-refractivity contribution in [3.63, 3.8) is 0 Å². The normalized spacial score (nSPS) is 29.6. The van der Waals surface area contributed by atoms with Crippen molar-refractivity contribution in [1.82, 2.24) is 5.32 Å². The summed E-state index contributed by atoms with van der Waals surface area (Å²) in [5.74, 6) is 0.999. The molecular weight excluding hydrogens is 250 g/mol. The maximum atomic E-state index is 10.8. The van der Waals surface area contributed by atoms with Crippen LogP contribution in [0.1, 0.15) is 65.7 Å². The van der Waals surface area contributed by atoms with Crippen molar-refractivity contribution in [2.45, 2.75) is 76.9 Å². The van der Waals surface area contributed by atoms with Crippen LogP contribution in [-0.4, -0.2) is 36.0 Å². The second-order valence-electron chi connectivity index (χ2n) is 7.66. The van der Waals surface area contributed by atoms with Crippen molar-refractivity contribution < 1.29 is 9.84 Å². The van der Waals surface area contributed by atoms with E-state index < -0.39 is 5.60 Å². The number of aliphatic hydroxyl groups is 1. The molecule has 0 aromatic carbocycles. The molecule has 3 nitrogen and oxygen atoms in total. The lowest BCUT2D eigenvalue weighted by atomic mass is 9.71. The van der Waals surface area contributed by atoms with Crippen LogP contribution in [0.25, 0.3) is 0 Å². The average Bonchev–Trinajstić information content (AvgIpc) is 2.39. The largest absolute Gasteiger partial charge is 0.389 e. The Morgan fingerprint density at radius 2 is 2.00 bits per heavy atom. The van der Waals surface area contributed by atoms with E-state index in [4.69, 9.17) is 4.74 Å². The van der Waals surface area contributed by atoms with Crippen molar-refractivity contribution in [3.05, 3.63) is 0 Å². The van der Waals surface area contributed by atoms with Crippen LogP contribution in [0.3, 0.4) is 0 Å². The molecule has 20 heavy (non-hydrogen) atoms. The maximum Gasteiger partial charge on any atom is 0.0773 e. The molecule has 1 aliphatic carbocycles. The van der Waals surface area contributed by atoms with Crippen LogP contribution in [0.2, 0.25) is 0 Å². The van der Waals surface area contributed by atoms with E-state index in [1.165, 1.54) is 32.1 Å². The van der Waals surface area contributed by atoms with Crippen molar-refractivity contribution >= 4 is 0 Å². The maximum absolute atomic E-state index is 10.8. The first-order chi connectivity index (χ1) is 9.44. The van der Waals surface area contributed by atoms with Gasteiger partial charge in [-0.2, -0.15) is 0 Å². The van der Waals surface area contributed by atoms with Gasteiger partial charge in [0.1, 0.15) is 0 Å². The first-order valence-electron chi connectivity index (χ1n) is 8.51. The van der Waals surface area contributed by atoms with Gasteiger partial charge in [0, 0.05) is 13.2 Å². The Balaban J connectivity index is 1.89. The molecule has 0 radical (unpaired) electrons. The summed E-state index contributed by atoms with van der Waals surface area (Å²) < 4.78 is 6.14. The number of nitrogens with one attached hydrogen (secondary N) is 1. The van der Waals surface area contributed by atoms with Crippen LogP contribution in [0.4, 0.5) is 0 Å². The molecule has 0 bridgehead atoms. The van der Waals surface area contributed by atoms with Crippen LogP contribution in [0, 0.1) is 11.8 Å². The minimum absolute atomic E-state index is 0.0865. The summed E-state index contributed by atoms with van der Waals surface area (Å²) in [5, 5.41) is 14.3. The summed E-state index contributed by atoms with van der Waals surface area (Å²) >= 11 is 0. The Labute approximate surface area is 124 Å². The predicted octanol–water partition coefficient (Wildman–Crippen LogP) is 3.11. The Morgan fingerprint density at radius 1 is 1.30 bits per heavy atom. The van der Waals surface area contributed by atoms with Gasteiger partial charge in [-0.15, -0.1) is 0 Å². The Bertz CT molecular complexity index is 290. The van der Waals surface area contributed by atoms with E-state index in [1.54, 1.807) is 0 Å². The smallest absolute Gasteiger partial charge is 0.0773 e. The van der Waals surface area contributed by atoms with Gasteiger partial charge in [-0.3, -0.25) is 0 Å². The molecule has 2 N–H and O–H groups in total. The molecule has 1 spiro atoms. The third-order valence-corrected chi connectivity index (χ3v) is 5.17. The first-order valence-corrected chi connectivity index (χ1v) is 8.51. The van der Waals surface area contributed by atoms with Gasteiger partial charge in [0.25, 0.3) is 0 Å². The van der Waals surface area contributed by atoms with Crippen LogP contribution >= 0.6 is 0 Å². The molecule has 0 aromatic heterocycles. The second-order valence-corrected chi connectivity index (χ2v) is 7.66. The molecule has 2 aliphatic rings. The summed E-state index contributed by atoms with van der Waals surface area (Å²) in [5.41, 5.74) is -0.522. The fourth-order valence-corrected chi connectivity index (χ4v) is 3.86. The zero-order valence-electron chi connectivity index (χ0n) is 13.6. The first kappa shape index (κ1) is 16.3. The van der Waals surface area contributed by atoms with Crippen molar-refractivity contribution in [2.24, 2.45) is 11.8 Å². The van der Waals surface area contributed by atoms with Crippen LogP contribution in [0.5, 0.6) is 0 Å². The minimum Gasteiger partial charge on any atom is -0.389 e. The molecule has 1 saturated carbocycles. The monoisotopic (exact) mass is 283 g/mol. The fourth-order valence-electron chi connectivity index (χ4n) is 3.86. The third kappa shape index (κ3) is 4.19. The van der Waals surface area contributed by atoms with Crippen LogP contribution in [0.15, 0.2) is 0 Å². The number of hydrogen-bond donors (Lipinski definition) is 2. The van der Waals surface area contributed by atoms with E-state index >= 15 is 0 Å². The van der Waals surface area contributed by atoms with E-state index in [1.807, 2.05) is 6.92 Å². The summed E-state index contributed by atoms with van der Waals surface area (Å²) in [6, 6.07) is 0. The molecule has 2 rings (SSSR count). The topological polar surface area (TPSA) is 41.5 Å². The number of rotatable bonds is 5. The zero-order chi connectivity index (χ0) is 14.6. The second kappa shape index (κ2) is 6.76. The molecule has 1 heterocycles. The van der Waals surface area contributed by atoms with Crippen LogP contribution < -0.4 is 5.32 Å². The third-order valence-electron chi connectivity index (χ3n) is 5.17. The van der Waals surface area contributed by atoms with Gasteiger partial charge in [0.2, 0.25) is 0 Å². The highest BCUT2D eigenvalue weighted by Gasteiger charge is 2.44. The van der Waals surface area contributed by atoms with E-state index in [0.29, 0.717) is 18.4 Å². The molecule has 1 aliphatic heterocycles. The molecule has 1 saturated heterocycles. The molecule has 2 atom stereocenters. The van der Waals surface area contributed by atoms with E-state index in [-0.39, 0.29) is 5.60 Å². The Kier molecular flexibility index (Phi) is 5.49. The summed E-state index contributed by atoms with van der Waals surface area (Å²) in [7, 11) is 0. The molecule has 118 valence electrons.